The second-order valence-electron chi connectivity index (χ2n) is 8.35. The third-order valence-electron chi connectivity index (χ3n) is 7.85. The predicted octanol–water partition coefficient (Wildman–Crippen LogP) is 4.09. The van der Waals surface area contributed by atoms with Crippen LogP contribution in [0.5, 0.6) is 0 Å². The maximum atomic E-state index is 12.5. The zero-order chi connectivity index (χ0) is 14.8. The van der Waals surface area contributed by atoms with E-state index in [9.17, 15) is 9.59 Å². The first kappa shape index (κ1) is 13.7. The lowest BCUT2D eigenvalue weighted by Gasteiger charge is -2.57. The summed E-state index contributed by atoms with van der Waals surface area (Å²) in [6.45, 7) is 4.64. The topological polar surface area (TPSA) is 34.1 Å². The minimum absolute atomic E-state index is 0.0696. The Bertz CT molecular complexity index is 546. The summed E-state index contributed by atoms with van der Waals surface area (Å²) in [5, 5.41) is 0. The van der Waals surface area contributed by atoms with Gasteiger partial charge < -0.3 is 0 Å². The highest BCUT2D eigenvalue weighted by molar-refractivity contribution is 5.91. The van der Waals surface area contributed by atoms with Crippen LogP contribution in [0, 0.1) is 28.6 Å². The third-order valence-corrected chi connectivity index (χ3v) is 7.85. The van der Waals surface area contributed by atoms with Crippen molar-refractivity contribution in [1.29, 1.82) is 0 Å². The van der Waals surface area contributed by atoms with Crippen molar-refractivity contribution in [2.24, 2.45) is 28.6 Å². The van der Waals surface area contributed by atoms with Crippen LogP contribution in [0.15, 0.2) is 11.6 Å². The lowest BCUT2D eigenvalue weighted by atomic mass is 9.46. The summed E-state index contributed by atoms with van der Waals surface area (Å²) in [7, 11) is 0. The number of carbonyl (C=O) groups excluding carboxylic acids is 2. The van der Waals surface area contributed by atoms with Gasteiger partial charge in [-0.05, 0) is 67.8 Å². The highest BCUT2D eigenvalue weighted by Crippen LogP contribution is 2.67. The Kier molecular flexibility index (Phi) is 2.81. The van der Waals surface area contributed by atoms with E-state index >= 15 is 0 Å². The van der Waals surface area contributed by atoms with Gasteiger partial charge in [-0.2, -0.15) is 0 Å². The molecule has 0 aromatic heterocycles. The molecule has 0 saturated heterocycles. The second kappa shape index (κ2) is 4.30. The second-order valence-corrected chi connectivity index (χ2v) is 8.35. The molecule has 2 heteroatoms. The summed E-state index contributed by atoms with van der Waals surface area (Å²) in [6, 6.07) is 0. The first-order valence-corrected chi connectivity index (χ1v) is 8.72. The summed E-state index contributed by atoms with van der Waals surface area (Å²) in [4.78, 5) is 24.2. The SMILES string of the molecule is C[C@@]12CCC(=O)[C@@]1(C)CC[C@@H]1C3CCC(=O)C=C3CCC12. The van der Waals surface area contributed by atoms with Crippen LogP contribution < -0.4 is 0 Å². The van der Waals surface area contributed by atoms with Crippen molar-refractivity contribution >= 4 is 11.6 Å². The first-order valence-electron chi connectivity index (χ1n) is 8.72. The van der Waals surface area contributed by atoms with Crippen LogP contribution in [0.1, 0.15) is 65.2 Å². The minimum atomic E-state index is -0.0696. The Balaban J connectivity index is 1.70. The molecule has 4 aliphatic carbocycles. The van der Waals surface area contributed by atoms with Crippen LogP contribution in [0.25, 0.3) is 0 Å². The molecule has 0 aromatic rings. The van der Waals surface area contributed by atoms with E-state index in [2.05, 4.69) is 13.8 Å². The molecule has 5 atom stereocenters. The maximum Gasteiger partial charge on any atom is 0.155 e. The number of carbonyl (C=O) groups is 2. The molecule has 2 unspecified atom stereocenters. The van der Waals surface area contributed by atoms with Crippen LogP contribution in [0.3, 0.4) is 0 Å². The van der Waals surface area contributed by atoms with Crippen LogP contribution in [0.2, 0.25) is 0 Å². The van der Waals surface area contributed by atoms with E-state index in [0.717, 1.165) is 44.4 Å². The highest BCUT2D eigenvalue weighted by Gasteiger charge is 2.62. The van der Waals surface area contributed by atoms with Gasteiger partial charge in [0.15, 0.2) is 5.78 Å². The van der Waals surface area contributed by atoms with Gasteiger partial charge >= 0.3 is 0 Å². The summed E-state index contributed by atoms with van der Waals surface area (Å²) in [6.07, 6.45) is 10.2. The molecule has 0 spiro atoms. The van der Waals surface area contributed by atoms with E-state index in [4.69, 9.17) is 0 Å². The van der Waals surface area contributed by atoms with Crippen molar-refractivity contribution in [3.8, 4) is 0 Å². The predicted molar refractivity (Wildman–Crippen MR) is 81.7 cm³/mol. The van der Waals surface area contributed by atoms with Crippen LogP contribution in [-0.4, -0.2) is 11.6 Å². The molecule has 0 bridgehead atoms. The molecule has 0 N–H and O–H groups in total. The van der Waals surface area contributed by atoms with E-state index in [1.165, 1.54) is 18.4 Å². The van der Waals surface area contributed by atoms with E-state index in [1.807, 2.05) is 6.08 Å². The van der Waals surface area contributed by atoms with Gasteiger partial charge in [-0.15, -0.1) is 0 Å². The molecular formula is C19H26O2. The van der Waals surface area contributed by atoms with Crippen molar-refractivity contribution in [3.63, 3.8) is 0 Å². The average Bonchev–Trinajstić information content (AvgIpc) is 2.71. The normalized spacial score (nSPS) is 49.2. The molecule has 4 rings (SSSR count). The smallest absolute Gasteiger partial charge is 0.155 e. The maximum absolute atomic E-state index is 12.5. The van der Waals surface area contributed by atoms with Crippen molar-refractivity contribution in [2.75, 3.05) is 0 Å². The van der Waals surface area contributed by atoms with Gasteiger partial charge in [-0.3, -0.25) is 9.59 Å². The number of hydrogen-bond acceptors (Lipinski definition) is 2. The summed E-state index contributed by atoms with van der Waals surface area (Å²) < 4.78 is 0. The molecule has 3 saturated carbocycles. The molecule has 3 fully saturated rings. The fraction of sp³-hybridized carbons (Fsp3) is 0.789. The standard InChI is InChI=1S/C19H26O2/c1-18-10-8-17(21)19(18,2)9-7-15-14-5-4-13(20)11-12(14)3-6-16(15)18/h11,14-16H,3-10H2,1-2H3/t14?,15-,16?,18+,19-/m1/s1. The molecule has 0 heterocycles. The Labute approximate surface area is 127 Å². The largest absolute Gasteiger partial charge is 0.299 e. The number of hydrogen-bond donors (Lipinski definition) is 0. The number of allylic oxidation sites excluding steroid dienone is 1. The Morgan fingerprint density at radius 1 is 1.00 bits per heavy atom. The van der Waals surface area contributed by atoms with Crippen LogP contribution in [-0.2, 0) is 9.59 Å². The van der Waals surface area contributed by atoms with E-state index < -0.39 is 0 Å². The molecular weight excluding hydrogens is 260 g/mol. The highest BCUT2D eigenvalue weighted by atomic mass is 16.1. The van der Waals surface area contributed by atoms with E-state index in [1.54, 1.807) is 0 Å². The Hall–Kier alpha value is -0.920. The molecule has 114 valence electrons. The van der Waals surface area contributed by atoms with Crippen molar-refractivity contribution in [1.82, 2.24) is 0 Å². The minimum Gasteiger partial charge on any atom is -0.299 e. The molecule has 0 amide bonds. The summed E-state index contributed by atoms with van der Waals surface area (Å²) in [5.74, 6) is 2.91. The quantitative estimate of drug-likeness (QED) is 0.672. The number of Topliss-reactive ketones (excluding diaryl/α,β-unsaturated/α-hetero) is 1. The van der Waals surface area contributed by atoms with E-state index in [0.29, 0.717) is 23.4 Å². The zero-order valence-corrected chi connectivity index (χ0v) is 13.3. The van der Waals surface area contributed by atoms with Gasteiger partial charge in [0, 0.05) is 18.3 Å². The monoisotopic (exact) mass is 286 g/mol. The van der Waals surface area contributed by atoms with Gasteiger partial charge in [0.25, 0.3) is 0 Å². The fourth-order valence-corrected chi connectivity index (χ4v) is 6.34. The zero-order valence-electron chi connectivity index (χ0n) is 13.3. The van der Waals surface area contributed by atoms with Gasteiger partial charge in [0.1, 0.15) is 5.78 Å². The lowest BCUT2D eigenvalue weighted by Crippen LogP contribution is -2.52. The van der Waals surface area contributed by atoms with Crippen LogP contribution >= 0.6 is 0 Å². The van der Waals surface area contributed by atoms with Crippen LogP contribution in [0.4, 0.5) is 0 Å². The molecule has 2 nitrogen and oxygen atoms in total. The Morgan fingerprint density at radius 3 is 2.62 bits per heavy atom. The average molecular weight is 286 g/mol. The van der Waals surface area contributed by atoms with Gasteiger partial charge in [-0.1, -0.05) is 19.4 Å². The van der Waals surface area contributed by atoms with Crippen molar-refractivity contribution < 1.29 is 9.59 Å². The van der Waals surface area contributed by atoms with Gasteiger partial charge in [0.2, 0.25) is 0 Å². The molecule has 4 aliphatic rings. The Morgan fingerprint density at radius 2 is 1.81 bits per heavy atom. The first-order chi connectivity index (χ1) is 9.96. The van der Waals surface area contributed by atoms with Crippen molar-refractivity contribution in [3.05, 3.63) is 11.6 Å². The number of fused-ring (bicyclic) bond motifs is 5. The fourth-order valence-electron chi connectivity index (χ4n) is 6.34. The lowest BCUT2D eigenvalue weighted by molar-refractivity contribution is -0.139. The third kappa shape index (κ3) is 1.65. The van der Waals surface area contributed by atoms with E-state index in [-0.39, 0.29) is 10.8 Å². The molecule has 0 radical (unpaired) electrons. The summed E-state index contributed by atoms with van der Waals surface area (Å²) >= 11 is 0. The van der Waals surface area contributed by atoms with Gasteiger partial charge in [-0.25, -0.2) is 0 Å². The molecule has 21 heavy (non-hydrogen) atoms. The summed E-state index contributed by atoms with van der Waals surface area (Å²) in [5.41, 5.74) is 1.57. The number of rotatable bonds is 0. The van der Waals surface area contributed by atoms with Crippen molar-refractivity contribution in [2.45, 2.75) is 65.2 Å². The molecule has 0 aromatic carbocycles. The molecule has 0 aliphatic heterocycles. The van der Waals surface area contributed by atoms with Gasteiger partial charge in [0.05, 0.1) is 0 Å². The number of ketones is 2.